The van der Waals surface area contributed by atoms with Gasteiger partial charge >= 0.3 is 0 Å². The number of para-hydroxylation sites is 1. The lowest BCUT2D eigenvalue weighted by atomic mass is 10.1. The number of ether oxygens (including phenoxy) is 1. The summed E-state index contributed by atoms with van der Waals surface area (Å²) in [4.78, 5) is 35.7. The first kappa shape index (κ1) is 21.5. The third-order valence-corrected chi connectivity index (χ3v) is 4.19. The van der Waals surface area contributed by atoms with Gasteiger partial charge in [0, 0.05) is 11.1 Å². The quantitative estimate of drug-likeness (QED) is 0.511. The third kappa shape index (κ3) is 6.40. The van der Waals surface area contributed by atoms with Crippen molar-refractivity contribution in [3.8, 4) is 16.9 Å². The number of amides is 3. The first-order valence-electron chi connectivity index (χ1n) is 9.41. The average Bonchev–Trinajstić information content (AvgIpc) is 2.81. The predicted molar refractivity (Wildman–Crippen MR) is 112 cm³/mol. The number of hydrogen-bond acceptors (Lipinski definition) is 4. The number of rotatable bonds is 7. The molecule has 0 aromatic heterocycles. The molecule has 0 spiro atoms. The molecule has 0 saturated carbocycles. The zero-order valence-corrected chi connectivity index (χ0v) is 16.4. The van der Waals surface area contributed by atoms with Crippen LogP contribution in [-0.2, 0) is 9.59 Å². The molecule has 3 rings (SSSR count). The molecular formula is C23H20FN3O4. The van der Waals surface area contributed by atoms with Gasteiger partial charge < -0.3 is 10.1 Å². The smallest absolute Gasteiger partial charge is 0.276 e. The largest absolute Gasteiger partial charge is 0.483 e. The summed E-state index contributed by atoms with van der Waals surface area (Å²) in [5.74, 6) is -1.68. The highest BCUT2D eigenvalue weighted by molar-refractivity contribution is 5.96. The van der Waals surface area contributed by atoms with Crippen LogP contribution in [0.1, 0.15) is 10.4 Å². The lowest BCUT2D eigenvalue weighted by Gasteiger charge is -2.12. The van der Waals surface area contributed by atoms with E-state index >= 15 is 0 Å². The molecule has 0 atom stereocenters. The Hall–Kier alpha value is -4.20. The minimum atomic E-state index is -0.631. The molecule has 0 fully saturated rings. The molecule has 3 aromatic carbocycles. The van der Waals surface area contributed by atoms with E-state index in [1.54, 1.807) is 12.1 Å². The van der Waals surface area contributed by atoms with Crippen LogP contribution in [-0.4, -0.2) is 30.9 Å². The van der Waals surface area contributed by atoms with Gasteiger partial charge in [-0.2, -0.15) is 0 Å². The van der Waals surface area contributed by atoms with Gasteiger partial charge in [-0.05, 0) is 35.9 Å². The standard InChI is InChI=1S/C23H20FN3O4/c24-18-12-10-17(11-13-18)23(30)25-14-21(28)26-27-22(29)15-31-20-9-5-4-8-19(20)16-6-2-1-3-7-16/h1-13H,14-15H2,(H,25,30)(H,26,28)(H,27,29). The van der Waals surface area contributed by atoms with E-state index in [0.717, 1.165) is 23.3 Å². The topological polar surface area (TPSA) is 96.5 Å². The normalized spacial score (nSPS) is 10.1. The molecular weight excluding hydrogens is 401 g/mol. The van der Waals surface area contributed by atoms with E-state index in [1.165, 1.54) is 12.1 Å². The molecule has 0 aliphatic heterocycles. The monoisotopic (exact) mass is 421 g/mol. The Labute approximate surface area is 178 Å². The predicted octanol–water partition coefficient (Wildman–Crippen LogP) is 2.45. The van der Waals surface area contributed by atoms with Crippen molar-refractivity contribution in [1.29, 1.82) is 0 Å². The summed E-state index contributed by atoms with van der Waals surface area (Å²) in [6.07, 6.45) is 0. The van der Waals surface area contributed by atoms with Gasteiger partial charge in [-0.25, -0.2) is 4.39 Å². The maximum atomic E-state index is 12.9. The highest BCUT2D eigenvalue weighted by atomic mass is 19.1. The highest BCUT2D eigenvalue weighted by Gasteiger charge is 2.11. The molecule has 7 nitrogen and oxygen atoms in total. The molecule has 0 aliphatic rings. The van der Waals surface area contributed by atoms with Crippen LogP contribution in [0.15, 0.2) is 78.9 Å². The van der Waals surface area contributed by atoms with E-state index in [4.69, 9.17) is 4.74 Å². The van der Waals surface area contributed by atoms with Gasteiger partial charge in [-0.1, -0.05) is 48.5 Å². The number of halogens is 1. The van der Waals surface area contributed by atoms with E-state index in [1.807, 2.05) is 42.5 Å². The molecule has 0 unspecified atom stereocenters. The minimum Gasteiger partial charge on any atom is -0.483 e. The summed E-state index contributed by atoms with van der Waals surface area (Å²) in [6.45, 7) is -0.680. The lowest BCUT2D eigenvalue weighted by Crippen LogP contribution is -2.47. The van der Waals surface area contributed by atoms with Gasteiger partial charge in [-0.15, -0.1) is 0 Å². The Morgan fingerprint density at radius 2 is 1.42 bits per heavy atom. The summed E-state index contributed by atoms with van der Waals surface area (Å²) in [6, 6.07) is 21.8. The number of benzene rings is 3. The van der Waals surface area contributed by atoms with Gasteiger partial charge in [-0.3, -0.25) is 25.2 Å². The molecule has 3 N–H and O–H groups in total. The van der Waals surface area contributed by atoms with Crippen LogP contribution in [0, 0.1) is 5.82 Å². The van der Waals surface area contributed by atoms with Crippen LogP contribution in [0.3, 0.4) is 0 Å². The summed E-state index contributed by atoms with van der Waals surface area (Å²) in [5.41, 5.74) is 6.40. The first-order chi connectivity index (χ1) is 15.0. The zero-order chi connectivity index (χ0) is 22.1. The second-order valence-corrected chi connectivity index (χ2v) is 6.44. The maximum absolute atomic E-state index is 12.9. The second kappa shape index (κ2) is 10.5. The van der Waals surface area contributed by atoms with Crippen molar-refractivity contribution in [3.63, 3.8) is 0 Å². The zero-order valence-electron chi connectivity index (χ0n) is 16.4. The fourth-order valence-corrected chi connectivity index (χ4v) is 2.68. The summed E-state index contributed by atoms with van der Waals surface area (Å²) in [5, 5.41) is 2.37. The molecule has 158 valence electrons. The second-order valence-electron chi connectivity index (χ2n) is 6.44. The molecule has 0 aliphatic carbocycles. The van der Waals surface area contributed by atoms with Crippen molar-refractivity contribution in [2.24, 2.45) is 0 Å². The van der Waals surface area contributed by atoms with E-state index in [-0.39, 0.29) is 18.7 Å². The molecule has 31 heavy (non-hydrogen) atoms. The van der Waals surface area contributed by atoms with Crippen LogP contribution >= 0.6 is 0 Å². The van der Waals surface area contributed by atoms with E-state index in [0.29, 0.717) is 5.75 Å². The van der Waals surface area contributed by atoms with Crippen molar-refractivity contribution in [1.82, 2.24) is 16.2 Å². The number of nitrogens with one attached hydrogen (secondary N) is 3. The molecule has 0 saturated heterocycles. The molecule has 0 radical (unpaired) electrons. The number of hydrazine groups is 1. The molecule has 3 amide bonds. The van der Waals surface area contributed by atoms with Crippen LogP contribution in [0.5, 0.6) is 5.75 Å². The fraction of sp³-hybridized carbons (Fsp3) is 0.0870. The molecule has 3 aromatic rings. The molecule has 0 bridgehead atoms. The average molecular weight is 421 g/mol. The minimum absolute atomic E-state index is 0.212. The van der Waals surface area contributed by atoms with Crippen molar-refractivity contribution in [3.05, 3.63) is 90.2 Å². The van der Waals surface area contributed by atoms with Crippen LogP contribution < -0.4 is 20.9 Å². The van der Waals surface area contributed by atoms with Crippen molar-refractivity contribution in [2.45, 2.75) is 0 Å². The van der Waals surface area contributed by atoms with Gasteiger partial charge in [0.15, 0.2) is 6.61 Å². The van der Waals surface area contributed by atoms with Crippen LogP contribution in [0.4, 0.5) is 4.39 Å². The SMILES string of the molecule is O=C(CNC(=O)c1ccc(F)cc1)NNC(=O)COc1ccccc1-c1ccccc1. The fourth-order valence-electron chi connectivity index (χ4n) is 2.68. The number of hydrogen-bond donors (Lipinski definition) is 3. The van der Waals surface area contributed by atoms with Gasteiger partial charge in [0.05, 0.1) is 6.54 Å². The van der Waals surface area contributed by atoms with E-state index < -0.39 is 23.5 Å². The van der Waals surface area contributed by atoms with E-state index in [9.17, 15) is 18.8 Å². The lowest BCUT2D eigenvalue weighted by molar-refractivity contribution is -0.129. The Kier molecular flexibility index (Phi) is 7.31. The summed E-state index contributed by atoms with van der Waals surface area (Å²) >= 11 is 0. The van der Waals surface area contributed by atoms with Crippen molar-refractivity contribution < 1.29 is 23.5 Å². The van der Waals surface area contributed by atoms with Crippen LogP contribution in [0.25, 0.3) is 11.1 Å². The van der Waals surface area contributed by atoms with Gasteiger partial charge in [0.25, 0.3) is 17.7 Å². The number of carbonyl (C=O) groups excluding carboxylic acids is 3. The van der Waals surface area contributed by atoms with E-state index in [2.05, 4.69) is 16.2 Å². The number of carbonyl (C=O) groups is 3. The summed E-state index contributed by atoms with van der Waals surface area (Å²) < 4.78 is 18.5. The molecule has 0 heterocycles. The maximum Gasteiger partial charge on any atom is 0.276 e. The van der Waals surface area contributed by atoms with Crippen LogP contribution in [0.2, 0.25) is 0 Å². The third-order valence-electron chi connectivity index (χ3n) is 4.19. The Morgan fingerprint density at radius 1 is 0.774 bits per heavy atom. The van der Waals surface area contributed by atoms with Crippen molar-refractivity contribution >= 4 is 17.7 Å². The van der Waals surface area contributed by atoms with Gasteiger partial charge in [0.1, 0.15) is 11.6 Å². The highest BCUT2D eigenvalue weighted by Crippen LogP contribution is 2.29. The van der Waals surface area contributed by atoms with Crippen molar-refractivity contribution in [2.75, 3.05) is 13.2 Å². The first-order valence-corrected chi connectivity index (χ1v) is 9.41. The Bertz CT molecular complexity index is 1060. The Morgan fingerprint density at radius 3 is 2.16 bits per heavy atom. The molecule has 8 heteroatoms. The summed E-state index contributed by atoms with van der Waals surface area (Å²) in [7, 11) is 0. The van der Waals surface area contributed by atoms with Gasteiger partial charge in [0.2, 0.25) is 0 Å². The Balaban J connectivity index is 1.43.